The summed E-state index contributed by atoms with van der Waals surface area (Å²) < 4.78 is 4.93. The molecule has 128 valence electrons. The van der Waals surface area contributed by atoms with Gasteiger partial charge in [0.25, 0.3) is 0 Å². The van der Waals surface area contributed by atoms with E-state index in [4.69, 9.17) is 4.74 Å². The monoisotopic (exact) mass is 336 g/mol. The first-order chi connectivity index (χ1) is 12.3. The number of fused-ring (bicyclic) bond motifs is 1. The Balaban J connectivity index is 1.48. The molecule has 0 saturated heterocycles. The van der Waals surface area contributed by atoms with Crippen molar-refractivity contribution in [2.45, 2.75) is 6.92 Å². The van der Waals surface area contributed by atoms with Gasteiger partial charge in [-0.25, -0.2) is 14.8 Å². The van der Waals surface area contributed by atoms with Crippen LogP contribution in [0.25, 0.3) is 10.9 Å². The molecule has 2 heterocycles. The van der Waals surface area contributed by atoms with Crippen LogP contribution in [0.4, 0.5) is 11.6 Å². The van der Waals surface area contributed by atoms with Crippen molar-refractivity contribution in [3.05, 3.63) is 60.3 Å². The molecule has 1 aromatic carbocycles. The smallest absolute Gasteiger partial charge is 0.339 e. The van der Waals surface area contributed by atoms with Crippen LogP contribution in [-0.4, -0.2) is 35.6 Å². The van der Waals surface area contributed by atoms with E-state index in [1.54, 1.807) is 19.1 Å². The molecule has 3 rings (SSSR count). The molecule has 0 bridgehead atoms. The second-order valence-corrected chi connectivity index (χ2v) is 5.40. The van der Waals surface area contributed by atoms with Crippen molar-refractivity contribution < 1.29 is 9.53 Å². The standard InChI is InChI=1S/C19H20N4O2/c1-2-25-19(24)15-8-9-17(22-13-15)20-11-12-21-18-10-7-14-5-3-4-6-16(14)23-18/h3-10,13H,2,11-12H2,1H3,(H,20,22)(H,21,23). The van der Waals surface area contributed by atoms with Gasteiger partial charge in [-0.1, -0.05) is 18.2 Å². The molecule has 0 aliphatic rings. The van der Waals surface area contributed by atoms with Gasteiger partial charge in [-0.3, -0.25) is 0 Å². The summed E-state index contributed by atoms with van der Waals surface area (Å²) in [5.74, 6) is 1.19. The highest BCUT2D eigenvalue weighted by Crippen LogP contribution is 2.14. The minimum atomic E-state index is -0.356. The van der Waals surface area contributed by atoms with E-state index in [0.29, 0.717) is 31.1 Å². The first-order valence-corrected chi connectivity index (χ1v) is 8.23. The van der Waals surface area contributed by atoms with E-state index in [-0.39, 0.29) is 5.97 Å². The van der Waals surface area contributed by atoms with Gasteiger partial charge in [0.2, 0.25) is 0 Å². The van der Waals surface area contributed by atoms with Crippen molar-refractivity contribution in [2.24, 2.45) is 0 Å². The maximum atomic E-state index is 11.6. The van der Waals surface area contributed by atoms with E-state index in [0.717, 1.165) is 16.7 Å². The number of para-hydroxylation sites is 1. The van der Waals surface area contributed by atoms with Gasteiger partial charge >= 0.3 is 5.97 Å². The van der Waals surface area contributed by atoms with Gasteiger partial charge in [0, 0.05) is 24.7 Å². The number of aromatic nitrogens is 2. The van der Waals surface area contributed by atoms with Gasteiger partial charge in [0.15, 0.2) is 0 Å². The van der Waals surface area contributed by atoms with Crippen LogP contribution in [0.2, 0.25) is 0 Å². The van der Waals surface area contributed by atoms with Crippen molar-refractivity contribution in [3.63, 3.8) is 0 Å². The van der Waals surface area contributed by atoms with Gasteiger partial charge in [-0.15, -0.1) is 0 Å². The Kier molecular flexibility index (Phi) is 5.41. The second kappa shape index (κ2) is 8.10. The van der Waals surface area contributed by atoms with Crippen molar-refractivity contribution in [2.75, 3.05) is 30.3 Å². The Morgan fingerprint density at radius 2 is 1.76 bits per heavy atom. The number of benzene rings is 1. The Hall–Kier alpha value is -3.15. The molecule has 3 aromatic rings. The van der Waals surface area contributed by atoms with E-state index in [1.807, 2.05) is 36.4 Å². The fourth-order valence-corrected chi connectivity index (χ4v) is 2.38. The lowest BCUT2D eigenvalue weighted by molar-refractivity contribution is 0.0526. The number of hydrogen-bond donors (Lipinski definition) is 2. The molecule has 0 saturated carbocycles. The Morgan fingerprint density at radius 1 is 1.00 bits per heavy atom. The van der Waals surface area contributed by atoms with Crippen LogP contribution in [-0.2, 0) is 4.74 Å². The summed E-state index contributed by atoms with van der Waals surface area (Å²) in [6.45, 7) is 3.51. The van der Waals surface area contributed by atoms with Crippen LogP contribution in [0.5, 0.6) is 0 Å². The molecule has 25 heavy (non-hydrogen) atoms. The molecular weight excluding hydrogens is 316 g/mol. The molecule has 6 nitrogen and oxygen atoms in total. The van der Waals surface area contributed by atoms with E-state index in [2.05, 4.69) is 20.6 Å². The van der Waals surface area contributed by atoms with Crippen molar-refractivity contribution in [1.82, 2.24) is 9.97 Å². The normalized spacial score (nSPS) is 10.4. The number of ether oxygens (including phenoxy) is 1. The summed E-state index contributed by atoms with van der Waals surface area (Å²) in [6.07, 6.45) is 1.51. The van der Waals surface area contributed by atoms with Crippen LogP contribution in [0.1, 0.15) is 17.3 Å². The van der Waals surface area contributed by atoms with Crippen LogP contribution < -0.4 is 10.6 Å². The minimum absolute atomic E-state index is 0.354. The van der Waals surface area contributed by atoms with Crippen molar-refractivity contribution in [1.29, 1.82) is 0 Å². The third-order valence-electron chi connectivity index (χ3n) is 3.61. The molecule has 2 N–H and O–H groups in total. The number of nitrogens with zero attached hydrogens (tertiary/aromatic N) is 2. The molecule has 0 aliphatic carbocycles. The third kappa shape index (κ3) is 4.44. The van der Waals surface area contributed by atoms with E-state index in [9.17, 15) is 4.79 Å². The van der Waals surface area contributed by atoms with Crippen molar-refractivity contribution in [3.8, 4) is 0 Å². The fraction of sp³-hybridized carbons (Fsp3) is 0.211. The topological polar surface area (TPSA) is 76.1 Å². The first kappa shape index (κ1) is 16.7. The molecule has 0 spiro atoms. The zero-order chi connectivity index (χ0) is 17.5. The minimum Gasteiger partial charge on any atom is -0.462 e. The second-order valence-electron chi connectivity index (χ2n) is 5.40. The molecule has 0 atom stereocenters. The predicted octanol–water partition coefficient (Wildman–Crippen LogP) is 3.33. The zero-order valence-electron chi connectivity index (χ0n) is 14.0. The summed E-state index contributed by atoms with van der Waals surface area (Å²) in [4.78, 5) is 20.3. The van der Waals surface area contributed by atoms with E-state index in [1.165, 1.54) is 6.20 Å². The lowest BCUT2D eigenvalue weighted by Crippen LogP contribution is -2.15. The number of anilines is 2. The number of esters is 1. The van der Waals surface area contributed by atoms with Gasteiger partial charge in [0.05, 0.1) is 17.7 Å². The summed E-state index contributed by atoms with van der Waals surface area (Å²) in [6, 6.07) is 15.5. The zero-order valence-corrected chi connectivity index (χ0v) is 14.0. The van der Waals surface area contributed by atoms with E-state index >= 15 is 0 Å². The number of rotatable bonds is 7. The maximum Gasteiger partial charge on any atom is 0.339 e. The number of nitrogens with one attached hydrogen (secondary N) is 2. The van der Waals surface area contributed by atoms with E-state index < -0.39 is 0 Å². The third-order valence-corrected chi connectivity index (χ3v) is 3.61. The summed E-state index contributed by atoms with van der Waals surface area (Å²) in [7, 11) is 0. The summed E-state index contributed by atoms with van der Waals surface area (Å²) >= 11 is 0. The number of carbonyl (C=O) groups excluding carboxylic acids is 1. The average Bonchev–Trinajstić information content (AvgIpc) is 2.66. The maximum absolute atomic E-state index is 11.6. The highest BCUT2D eigenvalue weighted by Gasteiger charge is 2.06. The molecule has 0 amide bonds. The number of carbonyl (C=O) groups is 1. The number of hydrogen-bond acceptors (Lipinski definition) is 6. The fourth-order valence-electron chi connectivity index (χ4n) is 2.38. The van der Waals surface area contributed by atoms with Crippen LogP contribution in [0.15, 0.2) is 54.7 Å². The summed E-state index contributed by atoms with van der Waals surface area (Å²) in [5.41, 5.74) is 1.42. The molecule has 6 heteroatoms. The molecule has 0 unspecified atom stereocenters. The Labute approximate surface area is 146 Å². The Bertz CT molecular complexity index is 849. The van der Waals surface area contributed by atoms with Gasteiger partial charge < -0.3 is 15.4 Å². The molecular formula is C19H20N4O2. The average molecular weight is 336 g/mol. The molecule has 2 aromatic heterocycles. The Morgan fingerprint density at radius 3 is 2.52 bits per heavy atom. The van der Waals surface area contributed by atoms with Crippen LogP contribution in [0, 0.1) is 0 Å². The highest BCUT2D eigenvalue weighted by molar-refractivity contribution is 5.89. The van der Waals surface area contributed by atoms with Crippen LogP contribution >= 0.6 is 0 Å². The van der Waals surface area contributed by atoms with Crippen molar-refractivity contribution >= 4 is 28.5 Å². The molecule has 0 radical (unpaired) electrons. The summed E-state index contributed by atoms with van der Waals surface area (Å²) in [5, 5.41) is 7.60. The predicted molar refractivity (Wildman–Crippen MR) is 98.9 cm³/mol. The lowest BCUT2D eigenvalue weighted by Gasteiger charge is -2.09. The SMILES string of the molecule is CCOC(=O)c1ccc(NCCNc2ccc3ccccc3n2)nc1. The van der Waals surface area contributed by atoms with Gasteiger partial charge in [-0.2, -0.15) is 0 Å². The van der Waals surface area contributed by atoms with Crippen LogP contribution in [0.3, 0.4) is 0 Å². The molecule has 0 fully saturated rings. The largest absolute Gasteiger partial charge is 0.462 e. The first-order valence-electron chi connectivity index (χ1n) is 8.23. The lowest BCUT2D eigenvalue weighted by atomic mass is 10.2. The molecule has 0 aliphatic heterocycles. The van der Waals surface area contributed by atoms with Gasteiger partial charge in [0.1, 0.15) is 11.6 Å². The van der Waals surface area contributed by atoms with Gasteiger partial charge in [-0.05, 0) is 37.3 Å². The quantitative estimate of drug-likeness (QED) is 0.509. The number of pyridine rings is 2. The highest BCUT2D eigenvalue weighted by atomic mass is 16.5.